The summed E-state index contributed by atoms with van der Waals surface area (Å²) in [6.07, 6.45) is 0.490. The van der Waals surface area contributed by atoms with Gasteiger partial charge in [0.15, 0.2) is 12.0 Å². The Labute approximate surface area is 119 Å². The summed E-state index contributed by atoms with van der Waals surface area (Å²) in [5, 5.41) is -0.393. The van der Waals surface area contributed by atoms with Gasteiger partial charge in [-0.1, -0.05) is 0 Å². The first-order valence-electron chi connectivity index (χ1n) is 5.90. The lowest BCUT2D eigenvalue weighted by Crippen LogP contribution is -2.25. The minimum absolute atomic E-state index is 0.0671. The van der Waals surface area contributed by atoms with Crippen molar-refractivity contribution in [3.63, 3.8) is 0 Å². The first kappa shape index (κ1) is 15.3. The fraction of sp³-hybridized carbons (Fsp3) is 0.154. The van der Waals surface area contributed by atoms with Gasteiger partial charge in [0, 0.05) is 12.6 Å². The molecule has 0 spiro atoms. The first-order chi connectivity index (χ1) is 9.90. The van der Waals surface area contributed by atoms with Gasteiger partial charge in [-0.15, -0.1) is 0 Å². The van der Waals surface area contributed by atoms with Crippen LogP contribution in [-0.2, 0) is 16.4 Å². The van der Waals surface area contributed by atoms with Crippen LogP contribution in [0.15, 0.2) is 39.8 Å². The highest BCUT2D eigenvalue weighted by atomic mass is 32.2. The van der Waals surface area contributed by atoms with Crippen molar-refractivity contribution in [1.29, 1.82) is 0 Å². The van der Waals surface area contributed by atoms with Crippen molar-refractivity contribution in [3.8, 4) is 0 Å². The van der Waals surface area contributed by atoms with Crippen molar-refractivity contribution in [2.24, 2.45) is 0 Å². The average Bonchev–Trinajstić information content (AvgIpc) is 2.86. The Bertz CT molecular complexity index is 735. The molecular formula is C13H11F2NO4S. The van der Waals surface area contributed by atoms with Gasteiger partial charge in [0.05, 0.1) is 0 Å². The molecule has 0 atom stereocenters. The lowest BCUT2D eigenvalue weighted by molar-refractivity contribution is 0.109. The number of carbonyl (C=O) groups excluding carboxylic acids is 1. The highest BCUT2D eigenvalue weighted by molar-refractivity contribution is 7.89. The van der Waals surface area contributed by atoms with Gasteiger partial charge in [0.1, 0.15) is 11.6 Å². The van der Waals surface area contributed by atoms with Crippen molar-refractivity contribution in [2.45, 2.75) is 11.5 Å². The Morgan fingerprint density at radius 2 is 1.81 bits per heavy atom. The molecular weight excluding hydrogens is 304 g/mol. The van der Waals surface area contributed by atoms with Crippen LogP contribution in [0.25, 0.3) is 0 Å². The maximum Gasteiger partial charge on any atom is 0.273 e. The van der Waals surface area contributed by atoms with Gasteiger partial charge in [0.25, 0.3) is 10.0 Å². The Morgan fingerprint density at radius 3 is 2.38 bits per heavy atom. The van der Waals surface area contributed by atoms with Crippen LogP contribution in [0.3, 0.4) is 0 Å². The molecule has 1 aromatic heterocycles. The second-order valence-corrected chi connectivity index (χ2v) is 5.90. The molecule has 8 heteroatoms. The quantitative estimate of drug-likeness (QED) is 0.826. The summed E-state index contributed by atoms with van der Waals surface area (Å²) in [5.74, 6) is -1.56. The molecule has 112 valence electrons. The van der Waals surface area contributed by atoms with E-state index in [0.29, 0.717) is 11.8 Å². The second-order valence-electron chi connectivity index (χ2n) is 4.20. The number of sulfonamides is 1. The minimum atomic E-state index is -3.90. The summed E-state index contributed by atoms with van der Waals surface area (Å²) in [4.78, 5) is 10.4. The topological polar surface area (TPSA) is 76.4 Å². The third-order valence-electron chi connectivity index (χ3n) is 2.61. The summed E-state index contributed by atoms with van der Waals surface area (Å²) in [6.45, 7) is -0.0671. The highest BCUT2D eigenvalue weighted by Crippen LogP contribution is 2.13. The van der Waals surface area contributed by atoms with Gasteiger partial charge in [-0.05, 0) is 36.2 Å². The summed E-state index contributed by atoms with van der Waals surface area (Å²) >= 11 is 0. The Morgan fingerprint density at radius 1 is 1.14 bits per heavy atom. The number of hydrogen-bond acceptors (Lipinski definition) is 4. The molecule has 5 nitrogen and oxygen atoms in total. The normalized spacial score (nSPS) is 11.5. The number of halogens is 2. The van der Waals surface area contributed by atoms with E-state index in [4.69, 9.17) is 4.42 Å². The van der Waals surface area contributed by atoms with Gasteiger partial charge in [0.2, 0.25) is 5.09 Å². The van der Waals surface area contributed by atoms with E-state index in [1.807, 2.05) is 0 Å². The molecule has 0 unspecified atom stereocenters. The number of furan rings is 1. The molecule has 0 saturated carbocycles. The Hall–Kier alpha value is -2.06. The zero-order valence-corrected chi connectivity index (χ0v) is 11.5. The van der Waals surface area contributed by atoms with Crippen molar-refractivity contribution in [3.05, 3.63) is 53.3 Å². The molecule has 0 fully saturated rings. The van der Waals surface area contributed by atoms with E-state index in [1.54, 1.807) is 0 Å². The van der Waals surface area contributed by atoms with Crippen LogP contribution < -0.4 is 4.72 Å². The highest BCUT2D eigenvalue weighted by Gasteiger charge is 2.18. The molecule has 0 aliphatic carbocycles. The smallest absolute Gasteiger partial charge is 0.273 e. The summed E-state index contributed by atoms with van der Waals surface area (Å²) in [7, 11) is -3.90. The number of nitrogens with one attached hydrogen (secondary N) is 1. The maximum atomic E-state index is 13.0. The zero-order chi connectivity index (χ0) is 15.5. The van der Waals surface area contributed by atoms with Crippen LogP contribution in [0.1, 0.15) is 16.1 Å². The van der Waals surface area contributed by atoms with E-state index < -0.39 is 26.8 Å². The average molecular weight is 315 g/mol. The molecule has 0 radical (unpaired) electrons. The number of rotatable bonds is 6. The van der Waals surface area contributed by atoms with E-state index >= 15 is 0 Å². The molecule has 0 bridgehead atoms. The first-order valence-corrected chi connectivity index (χ1v) is 7.39. The van der Waals surface area contributed by atoms with Gasteiger partial charge in [-0.2, -0.15) is 0 Å². The third-order valence-corrected chi connectivity index (χ3v) is 3.94. The largest absolute Gasteiger partial charge is 0.440 e. The molecule has 1 N–H and O–H groups in total. The SMILES string of the molecule is O=Cc1ccc(S(=O)(=O)NCCc2cc(F)cc(F)c2)o1. The molecule has 2 aromatic rings. The van der Waals surface area contributed by atoms with E-state index in [1.165, 1.54) is 6.07 Å². The van der Waals surface area contributed by atoms with Crippen LogP contribution in [0, 0.1) is 11.6 Å². The van der Waals surface area contributed by atoms with Gasteiger partial charge < -0.3 is 4.42 Å². The van der Waals surface area contributed by atoms with Crippen LogP contribution in [-0.4, -0.2) is 21.2 Å². The van der Waals surface area contributed by atoms with Crippen LogP contribution >= 0.6 is 0 Å². The Kier molecular flexibility index (Phi) is 4.49. The predicted molar refractivity (Wildman–Crippen MR) is 69.3 cm³/mol. The third kappa shape index (κ3) is 3.96. The number of benzene rings is 1. The fourth-order valence-corrected chi connectivity index (χ4v) is 2.66. The van der Waals surface area contributed by atoms with Crippen molar-refractivity contribution in [2.75, 3.05) is 6.54 Å². The fourth-order valence-electron chi connectivity index (χ4n) is 1.70. The predicted octanol–water partition coefficient (Wildman–Crippen LogP) is 1.89. The Balaban J connectivity index is 2.00. The summed E-state index contributed by atoms with van der Waals surface area (Å²) in [6, 6.07) is 5.35. The van der Waals surface area contributed by atoms with E-state index in [-0.39, 0.29) is 18.7 Å². The van der Waals surface area contributed by atoms with Crippen LogP contribution in [0.5, 0.6) is 0 Å². The monoisotopic (exact) mass is 315 g/mol. The van der Waals surface area contributed by atoms with Gasteiger partial charge >= 0.3 is 0 Å². The van der Waals surface area contributed by atoms with Crippen LogP contribution in [0.2, 0.25) is 0 Å². The molecule has 0 aliphatic heterocycles. The second kappa shape index (κ2) is 6.15. The van der Waals surface area contributed by atoms with Gasteiger partial charge in [-0.25, -0.2) is 21.9 Å². The lowest BCUT2D eigenvalue weighted by atomic mass is 10.1. The van der Waals surface area contributed by atoms with Crippen molar-refractivity contribution >= 4 is 16.3 Å². The van der Waals surface area contributed by atoms with E-state index in [0.717, 1.165) is 24.3 Å². The molecule has 1 aromatic carbocycles. The lowest BCUT2D eigenvalue weighted by Gasteiger charge is -2.05. The molecule has 21 heavy (non-hydrogen) atoms. The van der Waals surface area contributed by atoms with Crippen molar-refractivity contribution in [1.82, 2.24) is 4.72 Å². The van der Waals surface area contributed by atoms with E-state index in [9.17, 15) is 22.0 Å². The molecule has 1 heterocycles. The number of hydrogen-bond donors (Lipinski definition) is 1. The molecule has 0 aliphatic rings. The summed E-state index contributed by atoms with van der Waals surface area (Å²) < 4.78 is 56.6. The number of carbonyl (C=O) groups is 1. The molecule has 0 saturated heterocycles. The van der Waals surface area contributed by atoms with Crippen molar-refractivity contribution < 1.29 is 26.4 Å². The molecule has 0 amide bonds. The standard InChI is InChI=1S/C13H11F2NO4S/c14-10-5-9(6-11(15)7-10)3-4-16-21(18,19)13-2-1-12(8-17)20-13/h1-2,5-8,16H,3-4H2. The maximum absolute atomic E-state index is 13.0. The summed E-state index contributed by atoms with van der Waals surface area (Å²) in [5.41, 5.74) is 0.322. The van der Waals surface area contributed by atoms with Crippen LogP contribution in [0.4, 0.5) is 8.78 Å². The molecule has 2 rings (SSSR count). The number of aldehydes is 1. The van der Waals surface area contributed by atoms with E-state index in [2.05, 4.69) is 4.72 Å². The minimum Gasteiger partial charge on any atom is -0.440 e. The van der Waals surface area contributed by atoms with Gasteiger partial charge in [-0.3, -0.25) is 4.79 Å². The zero-order valence-electron chi connectivity index (χ0n) is 10.7.